The van der Waals surface area contributed by atoms with E-state index in [2.05, 4.69) is 25.3 Å². The van der Waals surface area contributed by atoms with E-state index in [1.165, 1.54) is 41.9 Å². The fourth-order valence-electron chi connectivity index (χ4n) is 9.08. The number of aromatic amines is 2. The molecule has 0 spiro atoms. The molecule has 58 heavy (non-hydrogen) atoms. The molecule has 8 atom stereocenters. The molecule has 4 aromatic rings. The number of piperidine rings is 2. The van der Waals surface area contributed by atoms with Crippen LogP contribution in [0.2, 0.25) is 0 Å². The predicted molar refractivity (Wildman–Crippen MR) is 211 cm³/mol. The highest BCUT2D eigenvalue weighted by atomic mass is 16.5. The number of nitrogens with one attached hydrogen (secondary N) is 3. The summed E-state index contributed by atoms with van der Waals surface area (Å²) in [6.07, 6.45) is 4.61. The molecule has 2 aliphatic carbocycles. The third-order valence-corrected chi connectivity index (χ3v) is 12.3. The summed E-state index contributed by atoms with van der Waals surface area (Å²) in [4.78, 5) is 72.1. The molecule has 16 nitrogen and oxygen atoms in total. The number of alkyl carbamates (subject to hydrolysis) is 1. The number of methoxy groups -OCH3 is 1. The number of carboxylic acid groups (broad SMARTS) is 1. The van der Waals surface area contributed by atoms with E-state index < -0.39 is 41.4 Å². The number of likely N-dealkylation sites (N-methyl/N-ethyl adjacent to an activating group) is 1. The van der Waals surface area contributed by atoms with Crippen LogP contribution in [0.1, 0.15) is 77.1 Å². The van der Waals surface area contributed by atoms with Crippen LogP contribution in [0.4, 0.5) is 9.59 Å². The van der Waals surface area contributed by atoms with Gasteiger partial charge in [0.1, 0.15) is 23.7 Å². The zero-order valence-electron chi connectivity index (χ0n) is 33.3. The quantitative estimate of drug-likeness (QED) is 0.123. The van der Waals surface area contributed by atoms with Gasteiger partial charge in [0.05, 0.1) is 54.2 Å². The number of aromatic nitrogens is 4. The molecule has 2 aromatic heterocycles. The lowest BCUT2D eigenvalue weighted by Gasteiger charge is -2.38. The van der Waals surface area contributed by atoms with E-state index >= 15 is 0 Å². The molecule has 4 fully saturated rings. The van der Waals surface area contributed by atoms with Gasteiger partial charge in [-0.05, 0) is 87.5 Å². The molecule has 16 heteroatoms. The highest BCUT2D eigenvalue weighted by Crippen LogP contribution is 2.55. The number of fused-ring (bicyclic) bond motifs is 2. The monoisotopic (exact) mass is 794 g/mol. The molecule has 0 unspecified atom stereocenters. The summed E-state index contributed by atoms with van der Waals surface area (Å²) >= 11 is 0. The smallest absolute Gasteiger partial charge is 0.407 e. The lowest BCUT2D eigenvalue weighted by atomic mass is 9.95. The number of aliphatic hydroxyl groups is 2. The fourth-order valence-corrected chi connectivity index (χ4v) is 9.08. The number of carbonyl (C=O) groups is 4. The summed E-state index contributed by atoms with van der Waals surface area (Å²) in [7, 11) is 2.52. The van der Waals surface area contributed by atoms with Crippen LogP contribution in [0.3, 0.4) is 0 Å². The van der Waals surface area contributed by atoms with E-state index in [0.29, 0.717) is 29.9 Å². The molecule has 4 amide bonds. The van der Waals surface area contributed by atoms with Gasteiger partial charge in [-0.15, -0.1) is 0 Å². The number of rotatable bonds is 11. The Balaban J connectivity index is 0.943. The molecule has 2 saturated carbocycles. The molecule has 2 aromatic carbocycles. The molecule has 6 N–H and O–H groups in total. The molecule has 0 bridgehead atoms. The summed E-state index contributed by atoms with van der Waals surface area (Å²) in [5.41, 5.74) is 2.35. The largest absolute Gasteiger partial charge is 0.465 e. The van der Waals surface area contributed by atoms with Gasteiger partial charge in [-0.25, -0.2) is 19.6 Å². The normalized spacial score (nSPS) is 24.4. The third-order valence-electron chi connectivity index (χ3n) is 12.3. The molecule has 0 radical (unpaired) electrons. The molecule has 4 heterocycles. The fraction of sp³-hybridized carbons (Fsp3) is 0.476. The van der Waals surface area contributed by atoms with E-state index in [4.69, 9.17) is 4.74 Å². The van der Waals surface area contributed by atoms with Gasteiger partial charge in [-0.3, -0.25) is 14.5 Å². The number of imidazole rings is 2. The second-order valence-electron chi connectivity index (χ2n) is 17.3. The van der Waals surface area contributed by atoms with E-state index in [-0.39, 0.29) is 30.1 Å². The second-order valence-corrected chi connectivity index (χ2v) is 17.3. The van der Waals surface area contributed by atoms with Gasteiger partial charge in [0.2, 0.25) is 11.8 Å². The van der Waals surface area contributed by atoms with Crippen molar-refractivity contribution in [3.8, 4) is 33.6 Å². The van der Waals surface area contributed by atoms with E-state index in [0.717, 1.165) is 57.8 Å². The zero-order valence-corrected chi connectivity index (χ0v) is 33.3. The first-order valence-corrected chi connectivity index (χ1v) is 19.6. The molecule has 4 aliphatic rings. The van der Waals surface area contributed by atoms with Crippen LogP contribution in [0.15, 0.2) is 60.9 Å². The van der Waals surface area contributed by atoms with Crippen LogP contribution in [0.5, 0.6) is 0 Å². The maximum atomic E-state index is 13.9. The van der Waals surface area contributed by atoms with E-state index in [1.54, 1.807) is 22.2 Å². The van der Waals surface area contributed by atoms with E-state index in [1.807, 2.05) is 48.5 Å². The number of hydrogen-bond donors (Lipinski definition) is 6. The standard InChI is InChI=1S/C42H50N8O8/c1-41(2,56)33(47-39(53)58-6)37(51)49-29-15-25(29)17-31(49)35-43-19-27(45-35)23-11-7-21(8-12-23)22-9-13-24(14-10-22)28-20-44-36(46-28)32-18-26-16-30(26)50(32)38(52)34(42(3,4)57)48(5)40(54)55/h7-14,19-20,25-26,29-34,56-57H,15-18H2,1-6H3,(H,43,45)(H,44,46)(H,47,53)(H,54,55)/t25-,26-,29-,30-,31-,32-,33+,34+/m0/s1. The maximum Gasteiger partial charge on any atom is 0.407 e. The Morgan fingerprint density at radius 2 is 1.17 bits per heavy atom. The van der Waals surface area contributed by atoms with Crippen molar-refractivity contribution >= 4 is 24.0 Å². The third kappa shape index (κ3) is 7.19. The topological polar surface area (TPSA) is 217 Å². The molecule has 2 saturated heterocycles. The summed E-state index contributed by atoms with van der Waals surface area (Å²) in [5, 5.41) is 33.8. The van der Waals surface area contributed by atoms with E-state index in [9.17, 15) is 34.5 Å². The first-order chi connectivity index (χ1) is 27.4. The molecule has 8 rings (SSSR count). The van der Waals surface area contributed by atoms with Gasteiger partial charge in [-0.2, -0.15) is 0 Å². The molecule has 2 aliphatic heterocycles. The van der Waals surface area contributed by atoms with Crippen LogP contribution >= 0.6 is 0 Å². The molecular formula is C42H50N8O8. The van der Waals surface area contributed by atoms with Gasteiger partial charge in [0, 0.05) is 19.1 Å². The predicted octanol–water partition coefficient (Wildman–Crippen LogP) is 4.70. The Morgan fingerprint density at radius 3 is 1.57 bits per heavy atom. The second kappa shape index (κ2) is 14.3. The minimum Gasteiger partial charge on any atom is -0.465 e. The summed E-state index contributed by atoms with van der Waals surface area (Å²) in [5.74, 6) is 1.14. The summed E-state index contributed by atoms with van der Waals surface area (Å²) in [6, 6.07) is 13.1. The van der Waals surface area contributed by atoms with Crippen molar-refractivity contribution < 1.29 is 39.2 Å². The summed E-state index contributed by atoms with van der Waals surface area (Å²) < 4.78 is 4.72. The molecular weight excluding hydrogens is 745 g/mol. The van der Waals surface area contributed by atoms with Crippen LogP contribution in [-0.4, -0.2) is 123 Å². The Kier molecular flexibility index (Phi) is 9.62. The van der Waals surface area contributed by atoms with Gasteiger partial charge >= 0.3 is 12.2 Å². The lowest BCUT2D eigenvalue weighted by Crippen LogP contribution is -2.59. The van der Waals surface area contributed by atoms with Gasteiger partial charge in [0.25, 0.3) is 0 Å². The van der Waals surface area contributed by atoms with Gasteiger partial charge < -0.3 is 45.1 Å². The zero-order chi connectivity index (χ0) is 41.4. The Hall–Kier alpha value is -5.74. The van der Waals surface area contributed by atoms with Crippen LogP contribution in [-0.2, 0) is 14.3 Å². The van der Waals surface area contributed by atoms with Crippen molar-refractivity contribution in [1.82, 2.24) is 40.0 Å². The average Bonchev–Trinajstić information content (AvgIpc) is 3.77. The van der Waals surface area contributed by atoms with Crippen LogP contribution in [0.25, 0.3) is 33.6 Å². The number of benzene rings is 2. The SMILES string of the molecule is COC(=O)N[C@H](C(=O)N1[C@H](c2ncc(-c3ccc(-c4ccc(-c5cnc([C@@H]6C[C@@H]7C[C@@H]7N6C(=O)[C@@H](N(C)C(=O)O)C(C)(C)O)[nH]5)cc4)cc3)[nH]2)C[C@@H]2C[C@@H]21)C(C)(C)O. The average molecular weight is 795 g/mol. The van der Waals surface area contributed by atoms with Crippen molar-refractivity contribution in [2.24, 2.45) is 11.8 Å². The number of carbonyl (C=O) groups excluding carboxylic acids is 3. The van der Waals surface area contributed by atoms with Crippen LogP contribution < -0.4 is 5.32 Å². The number of nitrogens with zero attached hydrogens (tertiary/aromatic N) is 5. The van der Waals surface area contributed by atoms with Gasteiger partial charge in [0.15, 0.2) is 0 Å². The molecule has 306 valence electrons. The highest BCUT2D eigenvalue weighted by molar-refractivity contribution is 5.89. The first kappa shape index (κ1) is 39.1. The van der Waals surface area contributed by atoms with Crippen LogP contribution in [0, 0.1) is 11.8 Å². The maximum absolute atomic E-state index is 13.9. The number of H-pyrrole nitrogens is 2. The van der Waals surface area contributed by atoms with Crippen molar-refractivity contribution in [2.45, 2.75) is 101 Å². The van der Waals surface area contributed by atoms with Crippen molar-refractivity contribution in [2.75, 3.05) is 14.2 Å². The highest BCUT2D eigenvalue weighted by Gasteiger charge is 2.59. The van der Waals surface area contributed by atoms with Gasteiger partial charge in [-0.1, -0.05) is 48.5 Å². The minimum absolute atomic E-state index is 0.00517. The van der Waals surface area contributed by atoms with Crippen molar-refractivity contribution in [1.29, 1.82) is 0 Å². The number of hydrogen-bond acceptors (Lipinski definition) is 9. The Bertz CT molecular complexity index is 2220. The number of likely N-dealkylation sites (tertiary alicyclic amines) is 2. The van der Waals surface area contributed by atoms with Crippen molar-refractivity contribution in [3.63, 3.8) is 0 Å². The summed E-state index contributed by atoms with van der Waals surface area (Å²) in [6.45, 7) is 5.88. The minimum atomic E-state index is -1.58. The Labute approximate surface area is 335 Å². The Morgan fingerprint density at radius 1 is 0.741 bits per heavy atom. The van der Waals surface area contributed by atoms with Crippen molar-refractivity contribution in [3.05, 3.63) is 72.6 Å². The number of ether oxygens (including phenoxy) is 1. The number of amides is 4. The first-order valence-electron chi connectivity index (χ1n) is 19.6. The lowest BCUT2D eigenvalue weighted by molar-refractivity contribution is -0.146.